The second-order valence-electron chi connectivity index (χ2n) is 7.35. The molecule has 0 radical (unpaired) electrons. The Bertz CT molecular complexity index is 1050. The first kappa shape index (κ1) is 27.0. The smallest absolute Gasteiger partial charge is 0.359 e. The summed E-state index contributed by atoms with van der Waals surface area (Å²) in [5.74, 6) is -1.95. The van der Waals surface area contributed by atoms with E-state index < -0.39 is 53.0 Å². The molecule has 3 rings (SSSR count). The van der Waals surface area contributed by atoms with Crippen molar-refractivity contribution >= 4 is 46.7 Å². The van der Waals surface area contributed by atoms with Gasteiger partial charge in [-0.2, -0.15) is 0 Å². The van der Waals surface area contributed by atoms with Crippen LogP contribution in [0.2, 0.25) is 0 Å². The summed E-state index contributed by atoms with van der Waals surface area (Å²) in [7, 11) is 0. The number of aliphatic hydroxyl groups is 1. The number of alkyl halides is 3. The van der Waals surface area contributed by atoms with Gasteiger partial charge in [0.1, 0.15) is 24.9 Å². The molecular formula is C22H20Cl3N3O7. The maximum atomic E-state index is 12.4. The number of azide groups is 1. The van der Waals surface area contributed by atoms with Gasteiger partial charge in [0.2, 0.25) is 0 Å². The number of carbonyl (C=O) groups excluding carboxylic acids is 2. The van der Waals surface area contributed by atoms with Gasteiger partial charge in [0, 0.05) is 4.91 Å². The molecule has 13 heteroatoms. The average Bonchev–Trinajstić information content (AvgIpc) is 2.84. The highest BCUT2D eigenvalue weighted by Gasteiger charge is 2.50. The van der Waals surface area contributed by atoms with E-state index in [0.717, 1.165) is 5.56 Å². The summed E-state index contributed by atoms with van der Waals surface area (Å²) in [6, 6.07) is 15.7. The first-order chi connectivity index (χ1) is 16.7. The molecule has 186 valence electrons. The minimum absolute atomic E-state index is 0.00594. The van der Waals surface area contributed by atoms with Crippen LogP contribution in [0.1, 0.15) is 15.9 Å². The van der Waals surface area contributed by atoms with Crippen LogP contribution >= 0.6 is 34.8 Å². The van der Waals surface area contributed by atoms with Crippen LogP contribution in [0.15, 0.2) is 65.8 Å². The summed E-state index contributed by atoms with van der Waals surface area (Å²) in [6.07, 6.45) is -5.55. The highest BCUT2D eigenvalue weighted by molar-refractivity contribution is 6.75. The zero-order valence-corrected chi connectivity index (χ0v) is 20.2. The molecule has 0 spiro atoms. The molecule has 2 aromatic carbocycles. The van der Waals surface area contributed by atoms with Gasteiger partial charge in [-0.05, 0) is 23.2 Å². The topological polar surface area (TPSA) is 140 Å². The number of ether oxygens (including phenoxy) is 4. The van der Waals surface area contributed by atoms with Crippen LogP contribution in [0.3, 0.4) is 0 Å². The SMILES string of the molecule is [N-]=[N+]=N[C@H]1C(O)O[C@H](COC(=O)c2ccccc2)[C@@H](OC(=O)C(Cl)(Cl)Cl)[C@@H]1OCc1ccccc1. The van der Waals surface area contributed by atoms with E-state index in [-0.39, 0.29) is 12.2 Å². The van der Waals surface area contributed by atoms with Crippen molar-refractivity contribution in [3.8, 4) is 0 Å². The minimum atomic E-state index is -2.45. The first-order valence-electron chi connectivity index (χ1n) is 10.2. The van der Waals surface area contributed by atoms with Gasteiger partial charge in [0.15, 0.2) is 12.4 Å². The summed E-state index contributed by atoms with van der Waals surface area (Å²) in [5, 5.41) is 14.0. The van der Waals surface area contributed by atoms with Crippen LogP contribution in [0, 0.1) is 0 Å². The molecule has 0 bridgehead atoms. The normalized spacial score (nSPS) is 24.2. The van der Waals surface area contributed by atoms with Gasteiger partial charge in [-0.25, -0.2) is 9.59 Å². The second kappa shape index (κ2) is 12.4. The highest BCUT2D eigenvalue weighted by atomic mass is 35.6. The third-order valence-electron chi connectivity index (χ3n) is 4.97. The molecule has 0 aromatic heterocycles. The Labute approximate surface area is 215 Å². The van der Waals surface area contributed by atoms with E-state index in [1.165, 1.54) is 0 Å². The molecule has 2 aromatic rings. The fraction of sp³-hybridized carbons (Fsp3) is 0.364. The highest BCUT2D eigenvalue weighted by Crippen LogP contribution is 2.33. The molecule has 10 nitrogen and oxygen atoms in total. The number of carbonyl (C=O) groups is 2. The van der Waals surface area contributed by atoms with Crippen molar-refractivity contribution in [3.05, 3.63) is 82.2 Å². The maximum absolute atomic E-state index is 12.4. The first-order valence-corrected chi connectivity index (χ1v) is 11.4. The number of benzene rings is 2. The van der Waals surface area contributed by atoms with Crippen molar-refractivity contribution in [1.29, 1.82) is 0 Å². The van der Waals surface area contributed by atoms with Gasteiger partial charge in [-0.15, -0.1) is 0 Å². The Kier molecular flexibility index (Phi) is 9.59. The number of halogens is 3. The molecule has 0 amide bonds. The lowest BCUT2D eigenvalue weighted by Gasteiger charge is -2.42. The molecule has 1 aliphatic heterocycles. The van der Waals surface area contributed by atoms with Crippen molar-refractivity contribution < 1.29 is 33.6 Å². The van der Waals surface area contributed by atoms with E-state index >= 15 is 0 Å². The average molecular weight is 545 g/mol. The summed E-state index contributed by atoms with van der Waals surface area (Å²) in [6.45, 7) is -0.467. The molecule has 1 N–H and O–H groups in total. The standard InChI is InChI=1S/C22H20Cl3N3O7/c23-22(24,25)21(31)35-17-15(12-33-19(29)14-9-5-2-6-10-14)34-20(30)16(27-28-26)18(17)32-11-13-7-3-1-4-8-13/h1-10,15-18,20,30H,11-12H2/t15-,16-,17-,18-,20?/m1/s1. The fourth-order valence-corrected chi connectivity index (χ4v) is 3.46. The Morgan fingerprint density at radius 3 is 2.29 bits per heavy atom. The minimum Gasteiger partial charge on any atom is -0.459 e. The lowest BCUT2D eigenvalue weighted by molar-refractivity contribution is -0.264. The van der Waals surface area contributed by atoms with Gasteiger partial charge >= 0.3 is 11.9 Å². The van der Waals surface area contributed by atoms with E-state index in [1.54, 1.807) is 54.6 Å². The quantitative estimate of drug-likeness (QED) is 0.173. The van der Waals surface area contributed by atoms with Crippen LogP contribution in [-0.4, -0.2) is 58.1 Å². The van der Waals surface area contributed by atoms with Crippen LogP contribution in [0.4, 0.5) is 0 Å². The summed E-state index contributed by atoms with van der Waals surface area (Å²) in [4.78, 5) is 27.5. The summed E-state index contributed by atoms with van der Waals surface area (Å²) in [5.41, 5.74) is 10.0. The van der Waals surface area contributed by atoms with Crippen LogP contribution in [0.25, 0.3) is 10.4 Å². The van der Waals surface area contributed by atoms with Gasteiger partial charge in [-0.3, -0.25) is 0 Å². The molecule has 5 atom stereocenters. The van der Waals surface area contributed by atoms with Gasteiger partial charge in [0.25, 0.3) is 3.79 Å². The van der Waals surface area contributed by atoms with Crippen molar-refractivity contribution in [2.75, 3.05) is 6.61 Å². The van der Waals surface area contributed by atoms with Crippen molar-refractivity contribution in [2.24, 2.45) is 5.11 Å². The molecule has 0 saturated carbocycles. The van der Waals surface area contributed by atoms with E-state index in [1.807, 2.05) is 6.07 Å². The number of hydrogen-bond acceptors (Lipinski definition) is 8. The monoisotopic (exact) mass is 543 g/mol. The third-order valence-corrected chi connectivity index (χ3v) is 5.43. The van der Waals surface area contributed by atoms with E-state index in [0.29, 0.717) is 0 Å². The van der Waals surface area contributed by atoms with Gasteiger partial charge in [-0.1, -0.05) is 88.4 Å². The summed E-state index contributed by atoms with van der Waals surface area (Å²) < 4.78 is 19.6. The van der Waals surface area contributed by atoms with E-state index in [4.69, 9.17) is 59.3 Å². The van der Waals surface area contributed by atoms with Crippen molar-refractivity contribution in [3.63, 3.8) is 0 Å². The van der Waals surface area contributed by atoms with Crippen LogP contribution in [0.5, 0.6) is 0 Å². The molecular weight excluding hydrogens is 525 g/mol. The zero-order valence-electron chi connectivity index (χ0n) is 17.9. The largest absolute Gasteiger partial charge is 0.459 e. The number of esters is 2. The Hall–Kier alpha value is -2.56. The number of nitrogens with zero attached hydrogens (tertiary/aromatic N) is 3. The van der Waals surface area contributed by atoms with Crippen LogP contribution < -0.4 is 0 Å². The fourth-order valence-electron chi connectivity index (χ4n) is 3.33. The molecule has 0 aliphatic carbocycles. The molecule has 1 saturated heterocycles. The number of rotatable bonds is 8. The predicted molar refractivity (Wildman–Crippen MR) is 126 cm³/mol. The van der Waals surface area contributed by atoms with Crippen molar-refractivity contribution in [2.45, 2.75) is 41.0 Å². The number of hydrogen-bond donors (Lipinski definition) is 1. The summed E-state index contributed by atoms with van der Waals surface area (Å²) >= 11 is 17.0. The molecule has 1 aliphatic rings. The van der Waals surface area contributed by atoms with Gasteiger partial charge < -0.3 is 24.1 Å². The number of aliphatic hydroxyl groups excluding tert-OH is 1. The molecule has 1 fully saturated rings. The molecule has 35 heavy (non-hydrogen) atoms. The van der Waals surface area contributed by atoms with Crippen molar-refractivity contribution in [1.82, 2.24) is 0 Å². The third kappa shape index (κ3) is 7.46. The van der Waals surface area contributed by atoms with Crippen LogP contribution in [-0.2, 0) is 30.3 Å². The lowest BCUT2D eigenvalue weighted by Crippen LogP contribution is -2.60. The molecule has 1 unspecified atom stereocenters. The van der Waals surface area contributed by atoms with E-state index in [9.17, 15) is 14.7 Å². The Morgan fingerprint density at radius 1 is 1.06 bits per heavy atom. The second-order valence-corrected chi connectivity index (χ2v) is 9.64. The Morgan fingerprint density at radius 2 is 1.69 bits per heavy atom. The predicted octanol–water partition coefficient (Wildman–Crippen LogP) is 4.11. The Balaban J connectivity index is 1.86. The maximum Gasteiger partial charge on any atom is 0.359 e. The zero-order chi connectivity index (χ0) is 25.4. The lowest BCUT2D eigenvalue weighted by atomic mass is 9.97. The van der Waals surface area contributed by atoms with Gasteiger partial charge in [0.05, 0.1) is 12.2 Å². The molecule has 1 heterocycles. The van der Waals surface area contributed by atoms with E-state index in [2.05, 4.69) is 10.0 Å².